The highest BCUT2D eigenvalue weighted by molar-refractivity contribution is 9.10. The van der Waals surface area contributed by atoms with Crippen LogP contribution in [0.5, 0.6) is 0 Å². The van der Waals surface area contributed by atoms with Crippen LogP contribution in [0.2, 0.25) is 0 Å². The molecule has 3 aromatic rings. The van der Waals surface area contributed by atoms with Crippen LogP contribution in [-0.4, -0.2) is 43.9 Å². The summed E-state index contributed by atoms with van der Waals surface area (Å²) in [6.45, 7) is 8.66. The molecular weight excluding hydrogens is 494 g/mol. The summed E-state index contributed by atoms with van der Waals surface area (Å²) in [5.74, 6) is 0. The first-order chi connectivity index (χ1) is 14.7. The van der Waals surface area contributed by atoms with Crippen molar-refractivity contribution in [3.05, 3.63) is 74.2 Å². The maximum absolute atomic E-state index is 12.9. The molecule has 1 aliphatic heterocycles. The van der Waals surface area contributed by atoms with Gasteiger partial charge in [0.25, 0.3) is 0 Å². The quantitative estimate of drug-likeness (QED) is 0.479. The Bertz CT molecular complexity index is 1160. The van der Waals surface area contributed by atoms with E-state index in [4.69, 9.17) is 4.98 Å². The predicted molar refractivity (Wildman–Crippen MR) is 131 cm³/mol. The van der Waals surface area contributed by atoms with Gasteiger partial charge in [-0.1, -0.05) is 33.6 Å². The third-order valence-corrected chi connectivity index (χ3v) is 9.09. The summed E-state index contributed by atoms with van der Waals surface area (Å²) in [5.41, 5.74) is 6.30. The van der Waals surface area contributed by atoms with Crippen molar-refractivity contribution in [3.8, 4) is 0 Å². The lowest BCUT2D eigenvalue weighted by molar-refractivity contribution is 0.384. The maximum Gasteiger partial charge on any atom is 0.243 e. The highest BCUT2D eigenvalue weighted by Gasteiger charge is 2.29. The zero-order valence-corrected chi connectivity index (χ0v) is 21.1. The van der Waals surface area contributed by atoms with Gasteiger partial charge in [0.15, 0.2) is 5.13 Å². The Morgan fingerprint density at radius 2 is 1.61 bits per heavy atom. The van der Waals surface area contributed by atoms with Crippen LogP contribution in [-0.2, 0) is 16.4 Å². The molecule has 1 aliphatic rings. The van der Waals surface area contributed by atoms with Crippen LogP contribution in [0.3, 0.4) is 0 Å². The van der Waals surface area contributed by atoms with Gasteiger partial charge in [-0.3, -0.25) is 0 Å². The van der Waals surface area contributed by atoms with E-state index >= 15 is 0 Å². The van der Waals surface area contributed by atoms with Gasteiger partial charge < -0.3 is 4.90 Å². The van der Waals surface area contributed by atoms with Crippen LogP contribution < -0.4 is 4.90 Å². The molecule has 0 spiro atoms. The Labute approximate surface area is 196 Å². The second kappa shape index (κ2) is 9.02. The summed E-state index contributed by atoms with van der Waals surface area (Å²) < 4.78 is 28.3. The van der Waals surface area contributed by atoms with E-state index in [-0.39, 0.29) is 0 Å². The zero-order valence-electron chi connectivity index (χ0n) is 17.9. The Hall–Kier alpha value is -1.74. The number of aromatic nitrogens is 1. The Balaban J connectivity index is 1.42. The van der Waals surface area contributed by atoms with Crippen LogP contribution >= 0.6 is 27.3 Å². The molecule has 0 saturated carbocycles. The monoisotopic (exact) mass is 519 g/mol. The Kier molecular flexibility index (Phi) is 6.53. The smallest absolute Gasteiger partial charge is 0.243 e. The summed E-state index contributed by atoms with van der Waals surface area (Å²) in [4.78, 5) is 7.39. The number of sulfonamides is 1. The maximum atomic E-state index is 12.9. The number of hydrogen-bond acceptors (Lipinski definition) is 5. The molecule has 0 radical (unpaired) electrons. The summed E-state index contributed by atoms with van der Waals surface area (Å²) in [6, 6.07) is 11.3. The van der Waals surface area contributed by atoms with E-state index in [0.29, 0.717) is 31.1 Å². The Morgan fingerprint density at radius 3 is 2.23 bits per heavy atom. The van der Waals surface area contributed by atoms with E-state index in [1.807, 2.05) is 0 Å². The van der Waals surface area contributed by atoms with E-state index in [1.165, 1.54) is 22.3 Å². The molecule has 0 bridgehead atoms. The van der Waals surface area contributed by atoms with E-state index in [1.54, 1.807) is 39.9 Å². The summed E-state index contributed by atoms with van der Waals surface area (Å²) >= 11 is 4.99. The number of benzene rings is 2. The lowest BCUT2D eigenvalue weighted by Gasteiger charge is -2.33. The van der Waals surface area contributed by atoms with Gasteiger partial charge in [-0.2, -0.15) is 4.31 Å². The molecule has 0 unspecified atom stereocenters. The fourth-order valence-corrected chi connectivity index (χ4v) is 6.63. The Morgan fingerprint density at radius 1 is 1.00 bits per heavy atom. The number of thiazole rings is 1. The average molecular weight is 521 g/mol. The number of anilines is 1. The van der Waals surface area contributed by atoms with Gasteiger partial charge in [0.2, 0.25) is 10.0 Å². The standard InChI is InChI=1S/C23H26BrN3O2S2/c1-16-12-17(2)22(18(3)13-16)14-20-15-30-23(25-20)26-8-10-27(11-9-26)31(28,29)21-6-4-19(24)5-7-21/h4-7,12-13,15H,8-11,14H2,1-3H3. The van der Waals surface area contributed by atoms with Crippen LogP contribution in [0.15, 0.2) is 51.1 Å². The molecule has 0 atom stereocenters. The van der Waals surface area contributed by atoms with Crippen molar-refractivity contribution in [3.63, 3.8) is 0 Å². The van der Waals surface area contributed by atoms with Gasteiger partial charge >= 0.3 is 0 Å². The average Bonchev–Trinajstić information content (AvgIpc) is 3.20. The van der Waals surface area contributed by atoms with Gasteiger partial charge in [-0.25, -0.2) is 13.4 Å². The molecule has 8 heteroatoms. The first kappa shape index (κ1) is 22.5. The second-order valence-electron chi connectivity index (χ2n) is 8.02. The van der Waals surface area contributed by atoms with Gasteiger partial charge in [0, 0.05) is 42.5 Å². The third-order valence-electron chi connectivity index (χ3n) is 5.70. The summed E-state index contributed by atoms with van der Waals surface area (Å²) in [7, 11) is -3.46. The molecule has 2 heterocycles. The van der Waals surface area contributed by atoms with Crippen LogP contribution in [0.4, 0.5) is 5.13 Å². The third kappa shape index (κ3) is 4.87. The van der Waals surface area contributed by atoms with Crippen molar-refractivity contribution < 1.29 is 8.42 Å². The van der Waals surface area contributed by atoms with E-state index in [2.05, 4.69) is 59.1 Å². The van der Waals surface area contributed by atoms with Crippen molar-refractivity contribution in [1.29, 1.82) is 0 Å². The molecule has 5 nitrogen and oxygen atoms in total. The largest absolute Gasteiger partial charge is 0.345 e. The molecule has 31 heavy (non-hydrogen) atoms. The van der Waals surface area contributed by atoms with Crippen molar-refractivity contribution in [2.75, 3.05) is 31.1 Å². The number of aryl methyl sites for hydroxylation is 3. The fraction of sp³-hybridized carbons (Fsp3) is 0.348. The number of hydrogen-bond donors (Lipinski definition) is 0. The molecule has 0 N–H and O–H groups in total. The minimum absolute atomic E-state index is 0.338. The molecule has 164 valence electrons. The lowest BCUT2D eigenvalue weighted by atomic mass is 9.96. The van der Waals surface area contributed by atoms with Gasteiger partial charge in [0.05, 0.1) is 10.6 Å². The minimum Gasteiger partial charge on any atom is -0.345 e. The first-order valence-electron chi connectivity index (χ1n) is 10.3. The summed E-state index contributed by atoms with van der Waals surface area (Å²) in [6.07, 6.45) is 0.826. The van der Waals surface area contributed by atoms with Crippen molar-refractivity contribution >= 4 is 42.4 Å². The van der Waals surface area contributed by atoms with E-state index in [9.17, 15) is 8.42 Å². The van der Waals surface area contributed by atoms with Crippen LogP contribution in [0.1, 0.15) is 27.9 Å². The number of halogens is 1. The summed E-state index contributed by atoms with van der Waals surface area (Å²) in [5, 5.41) is 3.09. The van der Waals surface area contributed by atoms with Gasteiger partial charge in [0.1, 0.15) is 0 Å². The molecule has 2 aromatic carbocycles. The molecular formula is C23H26BrN3O2S2. The molecule has 1 saturated heterocycles. The lowest BCUT2D eigenvalue weighted by Crippen LogP contribution is -2.48. The molecule has 1 aromatic heterocycles. The minimum atomic E-state index is -3.46. The molecule has 0 aliphatic carbocycles. The second-order valence-corrected chi connectivity index (χ2v) is 11.7. The van der Waals surface area contributed by atoms with Crippen LogP contribution in [0.25, 0.3) is 0 Å². The van der Waals surface area contributed by atoms with Crippen LogP contribution in [0, 0.1) is 20.8 Å². The van der Waals surface area contributed by atoms with Crippen molar-refractivity contribution in [1.82, 2.24) is 9.29 Å². The predicted octanol–water partition coefficient (Wildman–Crippen LogP) is 4.93. The first-order valence-corrected chi connectivity index (χ1v) is 13.4. The van der Waals surface area contributed by atoms with Crippen molar-refractivity contribution in [2.45, 2.75) is 32.1 Å². The number of nitrogens with zero attached hydrogens (tertiary/aromatic N) is 3. The van der Waals surface area contributed by atoms with E-state index in [0.717, 1.165) is 21.7 Å². The van der Waals surface area contributed by atoms with Gasteiger partial charge in [-0.15, -0.1) is 11.3 Å². The normalized spacial score (nSPS) is 15.4. The number of rotatable bonds is 5. The molecule has 4 rings (SSSR count). The fourth-order valence-electron chi connectivity index (χ4n) is 4.07. The van der Waals surface area contributed by atoms with Gasteiger partial charge in [-0.05, 0) is 61.7 Å². The van der Waals surface area contributed by atoms with Crippen molar-refractivity contribution in [2.24, 2.45) is 0 Å². The number of piperazine rings is 1. The highest BCUT2D eigenvalue weighted by atomic mass is 79.9. The topological polar surface area (TPSA) is 53.5 Å². The SMILES string of the molecule is Cc1cc(C)c(Cc2csc(N3CCN(S(=O)(=O)c4ccc(Br)cc4)CC3)n2)c(C)c1. The molecule has 0 amide bonds. The van der Waals surface area contributed by atoms with E-state index < -0.39 is 10.0 Å². The highest BCUT2D eigenvalue weighted by Crippen LogP contribution is 2.27. The molecule has 1 fully saturated rings. The zero-order chi connectivity index (χ0) is 22.2.